The van der Waals surface area contributed by atoms with E-state index < -0.39 is 41.8 Å². The third kappa shape index (κ3) is 3.06. The van der Waals surface area contributed by atoms with Crippen LogP contribution in [0.25, 0.3) is 0 Å². The second kappa shape index (κ2) is 6.98. The summed E-state index contributed by atoms with van der Waals surface area (Å²) in [5, 5.41) is 3.10. The molecule has 1 N–H and O–H groups in total. The molecule has 152 valence electrons. The van der Waals surface area contributed by atoms with Crippen LogP contribution >= 0.6 is 0 Å². The molecule has 0 atom stereocenters. The summed E-state index contributed by atoms with van der Waals surface area (Å²) in [6.45, 7) is 1.43. The Balaban J connectivity index is 1.42. The number of nitrogens with zero attached hydrogens (tertiary/aromatic N) is 2. The first-order chi connectivity index (χ1) is 13.9. The fourth-order valence-corrected chi connectivity index (χ4v) is 4.25. The molecule has 9 heteroatoms. The van der Waals surface area contributed by atoms with Gasteiger partial charge in [-0.25, -0.2) is 9.59 Å². The number of fused-ring (bicyclic) bond motifs is 1. The lowest BCUT2D eigenvalue weighted by Gasteiger charge is -2.34. The predicted octanol–water partition coefficient (Wildman–Crippen LogP) is 1.63. The van der Waals surface area contributed by atoms with E-state index in [0.717, 1.165) is 24.2 Å². The Bertz CT molecular complexity index is 884. The van der Waals surface area contributed by atoms with Crippen molar-refractivity contribution in [2.24, 2.45) is 5.92 Å². The van der Waals surface area contributed by atoms with Crippen molar-refractivity contribution in [2.75, 3.05) is 6.54 Å². The van der Waals surface area contributed by atoms with Gasteiger partial charge in [0.2, 0.25) is 0 Å². The average Bonchev–Trinajstić information content (AvgIpc) is 3.09. The van der Waals surface area contributed by atoms with E-state index in [4.69, 9.17) is 4.84 Å². The highest BCUT2D eigenvalue weighted by molar-refractivity contribution is 6.21. The van der Waals surface area contributed by atoms with E-state index in [0.29, 0.717) is 23.8 Å². The van der Waals surface area contributed by atoms with E-state index in [-0.39, 0.29) is 11.1 Å². The minimum absolute atomic E-state index is 0.131. The highest BCUT2D eigenvalue weighted by atomic mass is 16.7. The molecule has 2 aliphatic heterocycles. The summed E-state index contributed by atoms with van der Waals surface area (Å²) in [5.41, 5.74) is -0.711. The molecule has 1 spiro atoms. The number of hydroxylamine groups is 2. The molecule has 1 saturated heterocycles. The van der Waals surface area contributed by atoms with Crippen molar-refractivity contribution in [3.05, 3.63) is 35.4 Å². The van der Waals surface area contributed by atoms with Crippen LogP contribution in [-0.4, -0.2) is 51.8 Å². The van der Waals surface area contributed by atoms with Gasteiger partial charge >= 0.3 is 12.0 Å². The fraction of sp³-hybridized carbons (Fsp3) is 0.450. The van der Waals surface area contributed by atoms with Crippen LogP contribution in [0, 0.1) is 5.92 Å². The maximum absolute atomic E-state index is 12.9. The van der Waals surface area contributed by atoms with E-state index in [2.05, 4.69) is 12.2 Å². The molecule has 29 heavy (non-hydrogen) atoms. The average molecular weight is 399 g/mol. The summed E-state index contributed by atoms with van der Waals surface area (Å²) in [4.78, 5) is 67.8. The summed E-state index contributed by atoms with van der Waals surface area (Å²) in [7, 11) is 0. The van der Waals surface area contributed by atoms with Gasteiger partial charge in [0.15, 0.2) is 0 Å². The lowest BCUT2D eigenvalue weighted by molar-refractivity contribution is -0.170. The summed E-state index contributed by atoms with van der Waals surface area (Å²) >= 11 is 0. The van der Waals surface area contributed by atoms with Gasteiger partial charge in [-0.15, -0.1) is 0 Å². The Morgan fingerprint density at radius 2 is 1.69 bits per heavy atom. The third-order valence-electron chi connectivity index (χ3n) is 6.02. The van der Waals surface area contributed by atoms with Crippen molar-refractivity contribution in [2.45, 2.75) is 44.6 Å². The topological polar surface area (TPSA) is 113 Å². The Hall–Kier alpha value is -3.23. The number of hydrogen-bond donors (Lipinski definition) is 1. The molecule has 1 saturated carbocycles. The molecule has 1 aromatic carbocycles. The molecule has 0 aromatic heterocycles. The van der Waals surface area contributed by atoms with Crippen molar-refractivity contribution in [3.63, 3.8) is 0 Å². The number of hydrogen-bond acceptors (Lipinski definition) is 6. The number of rotatable bonds is 4. The number of carbonyl (C=O) groups excluding carboxylic acids is 5. The zero-order valence-corrected chi connectivity index (χ0v) is 16.0. The van der Waals surface area contributed by atoms with E-state index >= 15 is 0 Å². The van der Waals surface area contributed by atoms with Gasteiger partial charge in [-0.3, -0.25) is 19.3 Å². The lowest BCUT2D eigenvalue weighted by atomic mass is 9.75. The standard InChI is InChI=1S/C20H21N3O6/c1-2-12-7-9-20(10-8-12)18(27)22(19(28)21-20)11-15(24)29-23-16(25)13-5-3-4-6-14(13)17(23)26/h3-6,12H,2,7-11H2,1H3,(H,21,28). The number of benzene rings is 1. The van der Waals surface area contributed by atoms with Crippen LogP contribution in [0.5, 0.6) is 0 Å². The number of urea groups is 1. The number of amides is 5. The van der Waals surface area contributed by atoms with Gasteiger partial charge in [-0.2, -0.15) is 0 Å². The molecule has 5 amide bonds. The zero-order valence-electron chi connectivity index (χ0n) is 16.0. The Morgan fingerprint density at radius 1 is 1.10 bits per heavy atom. The van der Waals surface area contributed by atoms with Crippen LogP contribution in [0.1, 0.15) is 59.7 Å². The molecular formula is C20H21N3O6. The van der Waals surface area contributed by atoms with Crippen LogP contribution in [0.2, 0.25) is 0 Å². The van der Waals surface area contributed by atoms with E-state index in [1.807, 2.05) is 0 Å². The van der Waals surface area contributed by atoms with Gasteiger partial charge in [-0.05, 0) is 43.7 Å². The first-order valence-electron chi connectivity index (χ1n) is 9.69. The highest BCUT2D eigenvalue weighted by Gasteiger charge is 2.53. The smallest absolute Gasteiger partial charge is 0.328 e. The van der Waals surface area contributed by atoms with Gasteiger partial charge in [-0.1, -0.05) is 30.5 Å². The summed E-state index contributed by atoms with van der Waals surface area (Å²) in [6, 6.07) is 5.43. The summed E-state index contributed by atoms with van der Waals surface area (Å²) in [6.07, 6.45) is 3.74. The van der Waals surface area contributed by atoms with Crippen molar-refractivity contribution >= 4 is 29.7 Å². The van der Waals surface area contributed by atoms with Crippen molar-refractivity contribution in [1.29, 1.82) is 0 Å². The molecular weight excluding hydrogens is 378 g/mol. The Kier molecular flexibility index (Phi) is 4.60. The molecule has 2 fully saturated rings. The normalized spacial score (nSPS) is 26.2. The Morgan fingerprint density at radius 3 is 2.24 bits per heavy atom. The van der Waals surface area contributed by atoms with Crippen LogP contribution in [0.4, 0.5) is 4.79 Å². The first kappa shape index (κ1) is 19.1. The van der Waals surface area contributed by atoms with E-state index in [1.165, 1.54) is 12.1 Å². The zero-order chi connectivity index (χ0) is 20.8. The molecule has 2 heterocycles. The van der Waals surface area contributed by atoms with Crippen molar-refractivity contribution in [1.82, 2.24) is 15.3 Å². The molecule has 4 rings (SSSR count). The quantitative estimate of drug-likeness (QED) is 0.608. The summed E-state index contributed by atoms with van der Waals surface area (Å²) < 4.78 is 0. The maximum Gasteiger partial charge on any atom is 0.353 e. The van der Waals surface area contributed by atoms with Gasteiger partial charge in [0.25, 0.3) is 17.7 Å². The van der Waals surface area contributed by atoms with Crippen LogP contribution in [0.3, 0.4) is 0 Å². The van der Waals surface area contributed by atoms with E-state index in [1.54, 1.807) is 12.1 Å². The van der Waals surface area contributed by atoms with Crippen LogP contribution in [-0.2, 0) is 14.4 Å². The molecule has 1 aliphatic carbocycles. The van der Waals surface area contributed by atoms with E-state index in [9.17, 15) is 24.0 Å². The fourth-order valence-electron chi connectivity index (χ4n) is 4.25. The monoisotopic (exact) mass is 399 g/mol. The SMILES string of the molecule is CCC1CCC2(CC1)NC(=O)N(CC(=O)ON1C(=O)c3ccccc3C1=O)C2=O. The third-order valence-corrected chi connectivity index (χ3v) is 6.02. The number of nitrogens with one attached hydrogen (secondary N) is 1. The highest BCUT2D eigenvalue weighted by Crippen LogP contribution is 2.37. The maximum atomic E-state index is 12.9. The lowest BCUT2D eigenvalue weighted by Crippen LogP contribution is -2.50. The largest absolute Gasteiger partial charge is 0.353 e. The number of carbonyl (C=O) groups is 5. The predicted molar refractivity (Wildman–Crippen MR) is 98.3 cm³/mol. The van der Waals surface area contributed by atoms with Crippen LogP contribution < -0.4 is 5.32 Å². The molecule has 0 bridgehead atoms. The molecule has 0 radical (unpaired) electrons. The Labute approximate surface area is 166 Å². The number of imide groups is 2. The minimum atomic E-state index is -1.04. The van der Waals surface area contributed by atoms with Gasteiger partial charge in [0, 0.05) is 0 Å². The van der Waals surface area contributed by atoms with Gasteiger partial charge < -0.3 is 10.2 Å². The molecule has 0 unspecified atom stereocenters. The molecule has 9 nitrogen and oxygen atoms in total. The first-order valence-corrected chi connectivity index (χ1v) is 9.69. The van der Waals surface area contributed by atoms with Crippen molar-refractivity contribution in [3.8, 4) is 0 Å². The minimum Gasteiger partial charge on any atom is -0.328 e. The van der Waals surface area contributed by atoms with Gasteiger partial charge in [0.1, 0.15) is 12.1 Å². The second-order valence-electron chi connectivity index (χ2n) is 7.67. The van der Waals surface area contributed by atoms with Crippen LogP contribution in [0.15, 0.2) is 24.3 Å². The molecule has 1 aromatic rings. The van der Waals surface area contributed by atoms with Gasteiger partial charge in [0.05, 0.1) is 11.1 Å². The van der Waals surface area contributed by atoms with Crippen molar-refractivity contribution < 1.29 is 28.8 Å². The molecule has 3 aliphatic rings. The second-order valence-corrected chi connectivity index (χ2v) is 7.67. The summed E-state index contributed by atoms with van der Waals surface area (Å²) in [5.74, 6) is -2.49.